The van der Waals surface area contributed by atoms with Gasteiger partial charge < -0.3 is 14.5 Å². The van der Waals surface area contributed by atoms with E-state index < -0.39 is 0 Å². The van der Waals surface area contributed by atoms with Gasteiger partial charge in [0.2, 0.25) is 0 Å². The molecule has 0 radical (unpaired) electrons. The predicted molar refractivity (Wildman–Crippen MR) is 113 cm³/mol. The maximum absolute atomic E-state index is 6.05. The number of nitrogens with zero attached hydrogens (tertiary/aromatic N) is 2. The van der Waals surface area contributed by atoms with Gasteiger partial charge in [-0.15, -0.1) is 0 Å². The standard InChI is InChI=1S/C23H23N3O2/c1-23(2,3)10-8-15-9-11-26-20(12-15)25-21(22(26)24-4)19-14-16-13-17(27-5)6-7-18(16)28-19/h6-7,9,11-14,24H,1-5H3. The minimum absolute atomic E-state index is 0.0435. The van der Waals surface area contributed by atoms with Gasteiger partial charge in [-0.1, -0.05) is 11.8 Å². The topological polar surface area (TPSA) is 51.7 Å². The summed E-state index contributed by atoms with van der Waals surface area (Å²) in [5, 5.41) is 4.22. The van der Waals surface area contributed by atoms with Crippen molar-refractivity contribution in [3.05, 3.63) is 48.2 Å². The van der Waals surface area contributed by atoms with Crippen LogP contribution in [0.2, 0.25) is 0 Å². The average Bonchev–Trinajstić information content (AvgIpc) is 3.25. The summed E-state index contributed by atoms with van der Waals surface area (Å²) in [5.41, 5.74) is 3.28. The molecule has 0 saturated heterocycles. The van der Waals surface area contributed by atoms with E-state index in [1.807, 2.05) is 54.0 Å². The number of hydrogen-bond acceptors (Lipinski definition) is 4. The van der Waals surface area contributed by atoms with E-state index in [9.17, 15) is 0 Å². The van der Waals surface area contributed by atoms with Crippen molar-refractivity contribution in [1.29, 1.82) is 0 Å². The number of nitrogens with one attached hydrogen (secondary N) is 1. The summed E-state index contributed by atoms with van der Waals surface area (Å²) in [6.07, 6.45) is 1.98. The van der Waals surface area contributed by atoms with Crippen molar-refractivity contribution < 1.29 is 9.15 Å². The van der Waals surface area contributed by atoms with E-state index in [2.05, 4.69) is 37.9 Å². The SMILES string of the molecule is CNc1c(-c2cc3cc(OC)ccc3o2)nc2cc(C#CC(C)(C)C)ccn12. The molecule has 5 heteroatoms. The Morgan fingerprint density at radius 2 is 1.96 bits per heavy atom. The molecule has 1 aromatic carbocycles. The highest BCUT2D eigenvalue weighted by Gasteiger charge is 2.17. The number of furan rings is 1. The number of benzene rings is 1. The molecular formula is C23H23N3O2. The number of aromatic nitrogens is 2. The fourth-order valence-corrected chi connectivity index (χ4v) is 3.06. The third kappa shape index (κ3) is 3.29. The van der Waals surface area contributed by atoms with Gasteiger partial charge in [0.25, 0.3) is 0 Å². The van der Waals surface area contributed by atoms with Crippen LogP contribution in [-0.2, 0) is 0 Å². The van der Waals surface area contributed by atoms with Crippen LogP contribution in [0.25, 0.3) is 28.1 Å². The van der Waals surface area contributed by atoms with Crippen LogP contribution >= 0.6 is 0 Å². The Bertz CT molecular complexity index is 1230. The highest BCUT2D eigenvalue weighted by Crippen LogP contribution is 2.34. The first kappa shape index (κ1) is 18.0. The second-order valence-corrected chi connectivity index (χ2v) is 7.72. The Kier molecular flexibility index (Phi) is 4.27. The minimum atomic E-state index is -0.0435. The second kappa shape index (κ2) is 6.65. The molecule has 0 atom stereocenters. The summed E-state index contributed by atoms with van der Waals surface area (Å²) in [4.78, 5) is 4.80. The van der Waals surface area contributed by atoms with Gasteiger partial charge in [-0.3, -0.25) is 4.40 Å². The number of fused-ring (bicyclic) bond motifs is 2. The molecule has 0 unspecified atom stereocenters. The molecular weight excluding hydrogens is 350 g/mol. The van der Waals surface area contributed by atoms with Crippen LogP contribution < -0.4 is 10.1 Å². The summed E-state index contributed by atoms with van der Waals surface area (Å²) in [6, 6.07) is 11.7. The van der Waals surface area contributed by atoms with Crippen LogP contribution in [-0.4, -0.2) is 23.5 Å². The Morgan fingerprint density at radius 1 is 1.14 bits per heavy atom. The fraction of sp³-hybridized carbons (Fsp3) is 0.261. The smallest absolute Gasteiger partial charge is 0.157 e. The minimum Gasteiger partial charge on any atom is -0.497 e. The van der Waals surface area contributed by atoms with Gasteiger partial charge in [0.05, 0.1) is 7.11 Å². The molecule has 0 fully saturated rings. The first-order valence-corrected chi connectivity index (χ1v) is 9.19. The van der Waals surface area contributed by atoms with Gasteiger partial charge >= 0.3 is 0 Å². The molecule has 0 amide bonds. The molecule has 4 aromatic rings. The van der Waals surface area contributed by atoms with Crippen LogP contribution in [0.3, 0.4) is 0 Å². The van der Waals surface area contributed by atoms with Gasteiger partial charge in [0.15, 0.2) is 5.76 Å². The molecule has 3 aromatic heterocycles. The Labute approximate surface area is 164 Å². The first-order valence-electron chi connectivity index (χ1n) is 9.19. The quantitative estimate of drug-likeness (QED) is 0.502. The van der Waals surface area contributed by atoms with Crippen LogP contribution in [0, 0.1) is 17.3 Å². The van der Waals surface area contributed by atoms with Gasteiger partial charge in [-0.2, -0.15) is 0 Å². The van der Waals surface area contributed by atoms with Gasteiger partial charge in [-0.05, 0) is 57.2 Å². The molecule has 142 valence electrons. The highest BCUT2D eigenvalue weighted by molar-refractivity contribution is 5.86. The van der Waals surface area contributed by atoms with Gasteiger partial charge in [0.1, 0.15) is 28.5 Å². The molecule has 0 aliphatic carbocycles. The maximum atomic E-state index is 6.05. The molecule has 1 N–H and O–H groups in total. The number of hydrogen-bond donors (Lipinski definition) is 1. The first-order chi connectivity index (χ1) is 13.4. The summed E-state index contributed by atoms with van der Waals surface area (Å²) >= 11 is 0. The number of rotatable bonds is 3. The van der Waals surface area contributed by atoms with E-state index in [-0.39, 0.29) is 5.41 Å². The monoisotopic (exact) mass is 373 g/mol. The molecule has 5 nitrogen and oxygen atoms in total. The number of pyridine rings is 1. The van der Waals surface area contributed by atoms with Crippen molar-refractivity contribution in [2.24, 2.45) is 5.41 Å². The van der Waals surface area contributed by atoms with Crippen molar-refractivity contribution in [3.63, 3.8) is 0 Å². The number of imidazole rings is 1. The lowest BCUT2D eigenvalue weighted by molar-refractivity contribution is 0.415. The number of methoxy groups -OCH3 is 1. The molecule has 3 heterocycles. The van der Waals surface area contributed by atoms with Crippen LogP contribution in [0.1, 0.15) is 26.3 Å². The Morgan fingerprint density at radius 3 is 2.68 bits per heavy atom. The predicted octanol–water partition coefficient (Wildman–Crippen LogP) is 5.20. The molecule has 0 spiro atoms. The molecule has 0 saturated carbocycles. The van der Waals surface area contributed by atoms with Gasteiger partial charge in [0, 0.05) is 29.6 Å². The largest absolute Gasteiger partial charge is 0.497 e. The summed E-state index contributed by atoms with van der Waals surface area (Å²) < 4.78 is 13.4. The third-order valence-electron chi connectivity index (χ3n) is 4.40. The lowest BCUT2D eigenvalue weighted by Crippen LogP contribution is -1.99. The maximum Gasteiger partial charge on any atom is 0.157 e. The van der Waals surface area contributed by atoms with Crippen LogP contribution in [0.15, 0.2) is 47.0 Å². The molecule has 0 bridgehead atoms. The van der Waals surface area contributed by atoms with E-state index >= 15 is 0 Å². The highest BCUT2D eigenvalue weighted by atomic mass is 16.5. The van der Waals surface area contributed by atoms with Crippen LogP contribution in [0.4, 0.5) is 5.82 Å². The van der Waals surface area contributed by atoms with E-state index in [1.165, 1.54) is 0 Å². The van der Waals surface area contributed by atoms with Crippen LogP contribution in [0.5, 0.6) is 5.75 Å². The molecule has 0 aliphatic heterocycles. The fourth-order valence-electron chi connectivity index (χ4n) is 3.06. The Hall–Kier alpha value is -3.39. The van der Waals surface area contributed by atoms with E-state index in [0.29, 0.717) is 5.76 Å². The molecule has 4 rings (SSSR count). The van der Waals surface area contributed by atoms with Gasteiger partial charge in [-0.25, -0.2) is 4.98 Å². The number of ether oxygens (including phenoxy) is 1. The summed E-state index contributed by atoms with van der Waals surface area (Å²) in [7, 11) is 3.54. The molecule has 0 aliphatic rings. The lowest BCUT2D eigenvalue weighted by Gasteiger charge is -2.07. The van der Waals surface area contributed by atoms with E-state index in [0.717, 1.165) is 39.4 Å². The van der Waals surface area contributed by atoms with Crippen molar-refractivity contribution >= 4 is 22.4 Å². The summed E-state index contributed by atoms with van der Waals surface area (Å²) in [6.45, 7) is 6.30. The third-order valence-corrected chi connectivity index (χ3v) is 4.40. The second-order valence-electron chi connectivity index (χ2n) is 7.72. The zero-order valence-electron chi connectivity index (χ0n) is 16.8. The Balaban J connectivity index is 1.83. The molecule has 28 heavy (non-hydrogen) atoms. The van der Waals surface area contributed by atoms with E-state index in [1.54, 1.807) is 7.11 Å². The summed E-state index contributed by atoms with van der Waals surface area (Å²) in [5.74, 6) is 8.88. The van der Waals surface area contributed by atoms with E-state index in [4.69, 9.17) is 14.1 Å². The van der Waals surface area contributed by atoms with Crippen molar-refractivity contribution in [1.82, 2.24) is 9.38 Å². The zero-order chi connectivity index (χ0) is 19.9. The average molecular weight is 373 g/mol. The zero-order valence-corrected chi connectivity index (χ0v) is 16.8. The lowest BCUT2D eigenvalue weighted by atomic mass is 9.97. The van der Waals surface area contributed by atoms with Crippen molar-refractivity contribution in [2.75, 3.05) is 19.5 Å². The van der Waals surface area contributed by atoms with Crippen molar-refractivity contribution in [3.8, 4) is 29.0 Å². The number of anilines is 1. The van der Waals surface area contributed by atoms with Crippen molar-refractivity contribution in [2.45, 2.75) is 20.8 Å². The normalized spacial score (nSPS) is 11.5.